The number of rotatable bonds is 4. The minimum absolute atomic E-state index is 0.00866. The van der Waals surface area contributed by atoms with E-state index in [1.54, 1.807) is 12.1 Å². The van der Waals surface area contributed by atoms with E-state index in [0.29, 0.717) is 23.4 Å². The molecule has 4 heteroatoms. The van der Waals surface area contributed by atoms with Gasteiger partial charge in [-0.2, -0.15) is 0 Å². The summed E-state index contributed by atoms with van der Waals surface area (Å²) in [4.78, 5) is 12.1. The van der Waals surface area contributed by atoms with Gasteiger partial charge in [0.05, 0.1) is 12.5 Å². The van der Waals surface area contributed by atoms with Gasteiger partial charge in [0.15, 0.2) is 0 Å². The summed E-state index contributed by atoms with van der Waals surface area (Å²) in [5.74, 6) is 2.51. The smallest absolute Gasteiger partial charge is 0.223 e. The Kier molecular flexibility index (Phi) is 3.03. The molecular formula is C17H20FNO2. The van der Waals surface area contributed by atoms with Gasteiger partial charge in [-0.3, -0.25) is 4.79 Å². The Labute approximate surface area is 123 Å². The monoisotopic (exact) mass is 289 g/mol. The van der Waals surface area contributed by atoms with Crippen LogP contribution in [-0.2, 0) is 4.79 Å². The standard InChI is InChI=1S/C17H20FNO2/c18-12-3-1-2-9(7-12)13(20)8-14(21)19-17-15-10-4-5-11(6-10)16(15)17/h1-3,7,10-11,13,15-17,20H,4-6,8H2,(H,19,21). The van der Waals surface area contributed by atoms with Crippen molar-refractivity contribution >= 4 is 5.91 Å². The van der Waals surface area contributed by atoms with Gasteiger partial charge in [-0.1, -0.05) is 12.1 Å². The van der Waals surface area contributed by atoms with Crippen LogP contribution in [0.15, 0.2) is 24.3 Å². The van der Waals surface area contributed by atoms with Crippen LogP contribution in [0.5, 0.6) is 0 Å². The number of carbonyl (C=O) groups is 1. The van der Waals surface area contributed by atoms with Crippen molar-refractivity contribution < 1.29 is 14.3 Å². The van der Waals surface area contributed by atoms with Crippen LogP contribution in [0, 0.1) is 29.5 Å². The zero-order chi connectivity index (χ0) is 14.6. The summed E-state index contributed by atoms with van der Waals surface area (Å²) >= 11 is 0. The SMILES string of the molecule is O=C(CC(O)c1cccc(F)c1)NC1C2C3CCC(C3)C12. The Morgan fingerprint density at radius 2 is 2.05 bits per heavy atom. The van der Waals surface area contributed by atoms with E-state index in [1.807, 2.05) is 0 Å². The Morgan fingerprint density at radius 3 is 2.71 bits per heavy atom. The highest BCUT2D eigenvalue weighted by atomic mass is 19.1. The van der Waals surface area contributed by atoms with E-state index in [4.69, 9.17) is 0 Å². The second-order valence-electron chi connectivity index (χ2n) is 6.86. The summed E-state index contributed by atoms with van der Waals surface area (Å²) in [5, 5.41) is 13.1. The van der Waals surface area contributed by atoms with Crippen molar-refractivity contribution in [1.29, 1.82) is 0 Å². The number of aliphatic hydroxyl groups excluding tert-OH is 1. The number of nitrogens with one attached hydrogen (secondary N) is 1. The quantitative estimate of drug-likeness (QED) is 0.894. The van der Waals surface area contributed by atoms with Crippen molar-refractivity contribution in [3.05, 3.63) is 35.6 Å². The molecule has 0 saturated heterocycles. The van der Waals surface area contributed by atoms with Gasteiger partial charge in [-0.15, -0.1) is 0 Å². The van der Waals surface area contributed by atoms with E-state index < -0.39 is 6.10 Å². The number of hydrogen-bond donors (Lipinski definition) is 2. The maximum atomic E-state index is 13.1. The first-order valence-corrected chi connectivity index (χ1v) is 7.86. The highest BCUT2D eigenvalue weighted by Gasteiger charge is 2.65. The molecule has 2 bridgehead atoms. The number of halogens is 1. The molecule has 0 spiro atoms. The van der Waals surface area contributed by atoms with Crippen molar-refractivity contribution in [2.45, 2.75) is 37.8 Å². The highest BCUT2D eigenvalue weighted by molar-refractivity contribution is 5.77. The Balaban J connectivity index is 1.33. The molecule has 3 nitrogen and oxygen atoms in total. The molecule has 112 valence electrons. The molecule has 3 saturated carbocycles. The normalized spacial score (nSPS) is 37.1. The van der Waals surface area contributed by atoms with Gasteiger partial charge < -0.3 is 10.4 Å². The first kappa shape index (κ1) is 13.3. The van der Waals surface area contributed by atoms with Crippen LogP contribution in [0.2, 0.25) is 0 Å². The molecule has 2 N–H and O–H groups in total. The van der Waals surface area contributed by atoms with E-state index in [9.17, 15) is 14.3 Å². The van der Waals surface area contributed by atoms with Crippen molar-refractivity contribution in [2.24, 2.45) is 23.7 Å². The third-order valence-electron chi connectivity index (χ3n) is 5.68. The van der Waals surface area contributed by atoms with Gasteiger partial charge in [-0.25, -0.2) is 4.39 Å². The average molecular weight is 289 g/mol. The fourth-order valence-electron chi connectivity index (χ4n) is 4.77. The van der Waals surface area contributed by atoms with Crippen molar-refractivity contribution in [3.8, 4) is 0 Å². The second-order valence-corrected chi connectivity index (χ2v) is 6.86. The van der Waals surface area contributed by atoms with Gasteiger partial charge in [0.2, 0.25) is 5.91 Å². The molecule has 0 heterocycles. The molecule has 3 aliphatic rings. The zero-order valence-electron chi connectivity index (χ0n) is 11.8. The number of fused-ring (bicyclic) bond motifs is 5. The molecule has 3 aliphatic carbocycles. The number of aliphatic hydroxyl groups is 1. The molecule has 0 aliphatic heterocycles. The molecule has 1 amide bonds. The lowest BCUT2D eigenvalue weighted by Gasteiger charge is -2.13. The maximum Gasteiger partial charge on any atom is 0.223 e. The lowest BCUT2D eigenvalue weighted by Crippen LogP contribution is -2.31. The number of hydrogen-bond acceptors (Lipinski definition) is 2. The van der Waals surface area contributed by atoms with Crippen LogP contribution in [0.4, 0.5) is 4.39 Å². The lowest BCUT2D eigenvalue weighted by molar-refractivity contribution is -0.123. The molecule has 0 aromatic heterocycles. The highest BCUT2D eigenvalue weighted by Crippen LogP contribution is 2.65. The number of benzene rings is 1. The second kappa shape index (κ2) is 4.80. The Bertz CT molecular complexity index is 560. The summed E-state index contributed by atoms with van der Waals surface area (Å²) in [6.07, 6.45) is 3.08. The molecule has 0 radical (unpaired) electrons. The van der Waals surface area contributed by atoms with Crippen LogP contribution in [-0.4, -0.2) is 17.1 Å². The van der Waals surface area contributed by atoms with E-state index >= 15 is 0 Å². The van der Waals surface area contributed by atoms with Gasteiger partial charge in [0.1, 0.15) is 5.82 Å². The number of amides is 1. The Morgan fingerprint density at radius 1 is 1.33 bits per heavy atom. The molecule has 5 unspecified atom stereocenters. The Hall–Kier alpha value is -1.42. The summed E-state index contributed by atoms with van der Waals surface area (Å²) < 4.78 is 13.1. The molecule has 3 fully saturated rings. The summed E-state index contributed by atoms with van der Waals surface area (Å²) in [5.41, 5.74) is 0.459. The predicted octanol–water partition coefficient (Wildman–Crippen LogP) is 2.41. The summed E-state index contributed by atoms with van der Waals surface area (Å²) in [7, 11) is 0. The third-order valence-corrected chi connectivity index (χ3v) is 5.68. The molecule has 21 heavy (non-hydrogen) atoms. The fraction of sp³-hybridized carbons (Fsp3) is 0.588. The topological polar surface area (TPSA) is 49.3 Å². The molecule has 1 aromatic rings. The lowest BCUT2D eigenvalue weighted by atomic mass is 10.0. The van der Waals surface area contributed by atoms with Crippen LogP contribution >= 0.6 is 0 Å². The summed E-state index contributed by atoms with van der Waals surface area (Å²) in [6, 6.07) is 6.15. The van der Waals surface area contributed by atoms with Crippen LogP contribution in [0.1, 0.15) is 37.4 Å². The zero-order valence-corrected chi connectivity index (χ0v) is 11.8. The van der Waals surface area contributed by atoms with Crippen LogP contribution in [0.25, 0.3) is 0 Å². The van der Waals surface area contributed by atoms with Gasteiger partial charge >= 0.3 is 0 Å². The van der Waals surface area contributed by atoms with E-state index in [-0.39, 0.29) is 18.1 Å². The third kappa shape index (κ3) is 2.26. The minimum Gasteiger partial charge on any atom is -0.388 e. The molecule has 4 rings (SSSR count). The fourth-order valence-corrected chi connectivity index (χ4v) is 4.77. The van der Waals surface area contributed by atoms with Crippen LogP contribution < -0.4 is 5.32 Å². The minimum atomic E-state index is -0.934. The van der Waals surface area contributed by atoms with E-state index in [2.05, 4.69) is 5.32 Å². The predicted molar refractivity (Wildman–Crippen MR) is 75.7 cm³/mol. The van der Waals surface area contributed by atoms with Gasteiger partial charge in [-0.05, 0) is 60.6 Å². The average Bonchev–Trinajstić information content (AvgIpc) is 2.84. The summed E-state index contributed by atoms with van der Waals surface area (Å²) in [6.45, 7) is 0. The maximum absolute atomic E-state index is 13.1. The first-order chi connectivity index (χ1) is 10.1. The molecule has 1 aromatic carbocycles. The van der Waals surface area contributed by atoms with Gasteiger partial charge in [0.25, 0.3) is 0 Å². The van der Waals surface area contributed by atoms with E-state index in [1.165, 1.54) is 31.4 Å². The first-order valence-electron chi connectivity index (χ1n) is 7.86. The van der Waals surface area contributed by atoms with Crippen molar-refractivity contribution in [3.63, 3.8) is 0 Å². The van der Waals surface area contributed by atoms with Crippen molar-refractivity contribution in [2.75, 3.05) is 0 Å². The largest absolute Gasteiger partial charge is 0.388 e. The van der Waals surface area contributed by atoms with Gasteiger partial charge in [0, 0.05) is 6.04 Å². The van der Waals surface area contributed by atoms with E-state index in [0.717, 1.165) is 11.8 Å². The molecular weight excluding hydrogens is 269 g/mol. The number of carbonyl (C=O) groups excluding carboxylic acids is 1. The van der Waals surface area contributed by atoms with Crippen molar-refractivity contribution in [1.82, 2.24) is 5.32 Å². The molecule has 5 atom stereocenters. The van der Waals surface area contributed by atoms with Crippen LogP contribution in [0.3, 0.4) is 0 Å².